The van der Waals surface area contributed by atoms with Crippen molar-refractivity contribution >= 4 is 11.7 Å². The van der Waals surface area contributed by atoms with Gasteiger partial charge in [-0.05, 0) is 12.5 Å². The fraction of sp³-hybridized carbons (Fsp3) is 0.333. The van der Waals surface area contributed by atoms with Crippen molar-refractivity contribution in [3.63, 3.8) is 0 Å². The van der Waals surface area contributed by atoms with Crippen molar-refractivity contribution in [3.8, 4) is 0 Å². The van der Waals surface area contributed by atoms with E-state index < -0.39 is 0 Å². The predicted octanol–water partition coefficient (Wildman–Crippen LogP) is 0.535. The van der Waals surface area contributed by atoms with Crippen molar-refractivity contribution in [1.29, 1.82) is 0 Å². The van der Waals surface area contributed by atoms with Crippen LogP contribution >= 0.6 is 0 Å². The molecule has 2 aromatic rings. The fourth-order valence-electron chi connectivity index (χ4n) is 1.56. The Labute approximate surface area is 111 Å². The van der Waals surface area contributed by atoms with Crippen molar-refractivity contribution in [1.82, 2.24) is 25.1 Å². The minimum absolute atomic E-state index is 0.218. The molecule has 0 spiro atoms. The minimum atomic E-state index is -0.218. The number of amides is 1. The zero-order valence-corrected chi connectivity index (χ0v) is 10.7. The van der Waals surface area contributed by atoms with Gasteiger partial charge in [0.2, 0.25) is 0 Å². The SMILES string of the molecule is CNc1cncc(C(=O)NCCCn2cccn2)n1. The van der Waals surface area contributed by atoms with Crippen LogP contribution < -0.4 is 10.6 Å². The van der Waals surface area contributed by atoms with Crippen LogP contribution in [0.2, 0.25) is 0 Å². The Morgan fingerprint density at radius 1 is 1.42 bits per heavy atom. The Bertz CT molecular complexity index is 525. The topological polar surface area (TPSA) is 84.7 Å². The lowest BCUT2D eigenvalue weighted by molar-refractivity contribution is 0.0947. The molecule has 7 heteroatoms. The van der Waals surface area contributed by atoms with Gasteiger partial charge < -0.3 is 10.6 Å². The van der Waals surface area contributed by atoms with Crippen molar-refractivity contribution in [3.05, 3.63) is 36.5 Å². The number of carbonyl (C=O) groups is 1. The van der Waals surface area contributed by atoms with E-state index >= 15 is 0 Å². The zero-order chi connectivity index (χ0) is 13.5. The molecule has 0 aliphatic rings. The number of hydrogen-bond acceptors (Lipinski definition) is 5. The largest absolute Gasteiger partial charge is 0.372 e. The Morgan fingerprint density at radius 3 is 3.05 bits per heavy atom. The Kier molecular flexibility index (Phi) is 4.44. The average molecular weight is 260 g/mol. The molecule has 0 bridgehead atoms. The molecule has 0 atom stereocenters. The first kappa shape index (κ1) is 13.0. The molecule has 2 aromatic heterocycles. The molecule has 2 rings (SSSR count). The van der Waals surface area contributed by atoms with Crippen LogP contribution in [-0.4, -0.2) is 39.2 Å². The van der Waals surface area contributed by atoms with Crippen LogP contribution in [0.1, 0.15) is 16.9 Å². The van der Waals surface area contributed by atoms with Gasteiger partial charge in [0.25, 0.3) is 5.91 Å². The number of carbonyl (C=O) groups excluding carboxylic acids is 1. The molecular formula is C12H16N6O. The zero-order valence-electron chi connectivity index (χ0n) is 10.7. The van der Waals surface area contributed by atoms with Crippen LogP contribution in [0.15, 0.2) is 30.9 Å². The summed E-state index contributed by atoms with van der Waals surface area (Å²) in [5.74, 6) is 0.356. The first-order chi connectivity index (χ1) is 9.29. The van der Waals surface area contributed by atoms with Crippen molar-refractivity contribution < 1.29 is 4.79 Å². The van der Waals surface area contributed by atoms with Gasteiger partial charge in [0.1, 0.15) is 11.5 Å². The Balaban J connectivity index is 1.77. The van der Waals surface area contributed by atoms with Gasteiger partial charge in [-0.15, -0.1) is 0 Å². The van der Waals surface area contributed by atoms with E-state index in [1.54, 1.807) is 19.4 Å². The molecule has 0 saturated heterocycles. The molecule has 0 aliphatic carbocycles. The van der Waals surface area contributed by atoms with Gasteiger partial charge in [0.05, 0.1) is 12.4 Å². The summed E-state index contributed by atoms with van der Waals surface area (Å²) in [5, 5.41) is 9.73. The number of anilines is 1. The lowest BCUT2D eigenvalue weighted by Crippen LogP contribution is -2.26. The van der Waals surface area contributed by atoms with E-state index in [2.05, 4.69) is 25.7 Å². The van der Waals surface area contributed by atoms with Gasteiger partial charge in [0, 0.05) is 32.5 Å². The molecule has 2 heterocycles. The summed E-state index contributed by atoms with van der Waals surface area (Å²) in [6.45, 7) is 1.35. The van der Waals surface area contributed by atoms with Crippen LogP contribution in [0.4, 0.5) is 5.82 Å². The maximum Gasteiger partial charge on any atom is 0.271 e. The molecular weight excluding hydrogens is 244 g/mol. The van der Waals surface area contributed by atoms with Gasteiger partial charge in [-0.25, -0.2) is 4.98 Å². The normalized spacial score (nSPS) is 10.2. The van der Waals surface area contributed by atoms with E-state index in [0.717, 1.165) is 13.0 Å². The summed E-state index contributed by atoms with van der Waals surface area (Å²) in [6, 6.07) is 1.87. The number of aryl methyl sites for hydroxylation is 1. The third-order valence-electron chi connectivity index (χ3n) is 2.53. The highest BCUT2D eigenvalue weighted by atomic mass is 16.1. The molecule has 0 aromatic carbocycles. The van der Waals surface area contributed by atoms with Gasteiger partial charge in [0.15, 0.2) is 0 Å². The first-order valence-electron chi connectivity index (χ1n) is 6.05. The molecule has 19 heavy (non-hydrogen) atoms. The van der Waals surface area contributed by atoms with Crippen molar-refractivity contribution in [2.24, 2.45) is 0 Å². The lowest BCUT2D eigenvalue weighted by atomic mass is 10.3. The molecule has 1 amide bonds. The van der Waals surface area contributed by atoms with Gasteiger partial charge in [-0.1, -0.05) is 0 Å². The maximum atomic E-state index is 11.8. The molecule has 0 fully saturated rings. The van der Waals surface area contributed by atoms with Gasteiger partial charge >= 0.3 is 0 Å². The number of aromatic nitrogens is 4. The highest BCUT2D eigenvalue weighted by molar-refractivity contribution is 5.92. The molecule has 2 N–H and O–H groups in total. The molecule has 0 unspecified atom stereocenters. The van der Waals surface area contributed by atoms with Crippen LogP contribution in [-0.2, 0) is 6.54 Å². The van der Waals surface area contributed by atoms with Crippen molar-refractivity contribution in [2.75, 3.05) is 18.9 Å². The minimum Gasteiger partial charge on any atom is -0.372 e. The van der Waals surface area contributed by atoms with E-state index in [0.29, 0.717) is 18.1 Å². The fourth-order valence-corrected chi connectivity index (χ4v) is 1.56. The van der Waals surface area contributed by atoms with E-state index in [9.17, 15) is 4.79 Å². The van der Waals surface area contributed by atoms with E-state index in [1.165, 1.54) is 6.20 Å². The number of hydrogen-bond donors (Lipinski definition) is 2. The van der Waals surface area contributed by atoms with E-state index in [-0.39, 0.29) is 5.91 Å². The van der Waals surface area contributed by atoms with E-state index in [4.69, 9.17) is 0 Å². The summed E-state index contributed by atoms with van der Waals surface area (Å²) < 4.78 is 1.83. The second-order valence-corrected chi connectivity index (χ2v) is 3.92. The highest BCUT2D eigenvalue weighted by Crippen LogP contribution is 2.00. The van der Waals surface area contributed by atoms with Crippen molar-refractivity contribution in [2.45, 2.75) is 13.0 Å². The quantitative estimate of drug-likeness (QED) is 0.740. The van der Waals surface area contributed by atoms with Crippen LogP contribution in [0.5, 0.6) is 0 Å². The van der Waals surface area contributed by atoms with Gasteiger partial charge in [-0.2, -0.15) is 5.10 Å². The first-order valence-corrected chi connectivity index (χ1v) is 6.05. The lowest BCUT2D eigenvalue weighted by Gasteiger charge is -2.05. The smallest absolute Gasteiger partial charge is 0.271 e. The molecule has 0 saturated carbocycles. The second kappa shape index (κ2) is 6.48. The monoisotopic (exact) mass is 260 g/mol. The maximum absolute atomic E-state index is 11.8. The Morgan fingerprint density at radius 2 is 2.32 bits per heavy atom. The van der Waals surface area contributed by atoms with Gasteiger partial charge in [-0.3, -0.25) is 14.5 Å². The second-order valence-electron chi connectivity index (χ2n) is 3.92. The number of rotatable bonds is 6. The van der Waals surface area contributed by atoms with Crippen LogP contribution in [0, 0.1) is 0 Å². The average Bonchev–Trinajstić information content (AvgIpc) is 2.96. The standard InChI is InChI=1S/C12H16N6O/c1-13-11-9-14-8-10(17-11)12(19)15-4-2-6-18-7-3-5-16-18/h3,5,7-9H,2,4,6H2,1H3,(H,13,17)(H,15,19). The third kappa shape index (κ3) is 3.77. The molecule has 100 valence electrons. The molecule has 0 aliphatic heterocycles. The predicted molar refractivity (Wildman–Crippen MR) is 70.8 cm³/mol. The summed E-state index contributed by atoms with van der Waals surface area (Å²) in [7, 11) is 1.73. The van der Waals surface area contributed by atoms with Crippen LogP contribution in [0.3, 0.4) is 0 Å². The molecule has 7 nitrogen and oxygen atoms in total. The summed E-state index contributed by atoms with van der Waals surface area (Å²) in [4.78, 5) is 19.9. The van der Waals surface area contributed by atoms with Crippen LogP contribution in [0.25, 0.3) is 0 Å². The highest BCUT2D eigenvalue weighted by Gasteiger charge is 2.07. The molecule has 0 radical (unpaired) electrons. The van der Waals surface area contributed by atoms with E-state index in [1.807, 2.05) is 16.9 Å². The Hall–Kier alpha value is -2.44. The number of nitrogens with zero attached hydrogens (tertiary/aromatic N) is 4. The summed E-state index contributed by atoms with van der Waals surface area (Å²) in [6.07, 6.45) is 7.45. The summed E-state index contributed by atoms with van der Waals surface area (Å²) in [5.41, 5.74) is 0.311. The number of nitrogens with one attached hydrogen (secondary N) is 2. The summed E-state index contributed by atoms with van der Waals surface area (Å²) >= 11 is 0. The third-order valence-corrected chi connectivity index (χ3v) is 2.53.